The average Bonchev–Trinajstić information content (AvgIpc) is 3.28. The topological polar surface area (TPSA) is 88.5 Å². The van der Waals surface area contributed by atoms with Crippen molar-refractivity contribution in [2.24, 2.45) is 7.05 Å². The molecule has 0 saturated carbocycles. The SMILES string of the molecule is Cn1ncc(-c2ccccn2)c1N/C(=C\C=O)c1ccc2[nH]ncc2c1. The lowest BCUT2D eigenvalue weighted by Crippen LogP contribution is -2.05. The largest absolute Gasteiger partial charge is 0.339 e. The number of anilines is 1. The molecule has 3 aromatic heterocycles. The molecule has 7 heteroatoms. The molecule has 0 radical (unpaired) electrons. The van der Waals surface area contributed by atoms with Gasteiger partial charge in [-0.05, 0) is 29.8 Å². The summed E-state index contributed by atoms with van der Waals surface area (Å²) in [6.45, 7) is 0. The summed E-state index contributed by atoms with van der Waals surface area (Å²) in [5.41, 5.74) is 4.14. The molecule has 0 unspecified atom stereocenters. The number of aldehydes is 1. The summed E-state index contributed by atoms with van der Waals surface area (Å²) in [5, 5.41) is 15.6. The molecule has 3 heterocycles. The van der Waals surface area contributed by atoms with Crippen LogP contribution in [0.5, 0.6) is 0 Å². The van der Waals surface area contributed by atoms with E-state index in [0.29, 0.717) is 5.70 Å². The van der Waals surface area contributed by atoms with Crippen LogP contribution >= 0.6 is 0 Å². The Labute approximate surface area is 149 Å². The van der Waals surface area contributed by atoms with Gasteiger partial charge in [0.1, 0.15) is 12.1 Å². The van der Waals surface area contributed by atoms with Gasteiger partial charge in [0.05, 0.1) is 34.9 Å². The van der Waals surface area contributed by atoms with Crippen molar-refractivity contribution in [2.45, 2.75) is 0 Å². The predicted molar refractivity (Wildman–Crippen MR) is 100 cm³/mol. The number of rotatable bonds is 5. The van der Waals surface area contributed by atoms with E-state index < -0.39 is 0 Å². The molecule has 0 bridgehead atoms. The van der Waals surface area contributed by atoms with Crippen molar-refractivity contribution in [3.8, 4) is 11.3 Å². The Morgan fingerprint density at radius 1 is 1.23 bits per heavy atom. The van der Waals surface area contributed by atoms with E-state index in [2.05, 4.69) is 25.6 Å². The number of pyridine rings is 1. The van der Waals surface area contributed by atoms with Gasteiger partial charge in [-0.3, -0.25) is 19.6 Å². The number of aromatic amines is 1. The molecule has 0 atom stereocenters. The van der Waals surface area contributed by atoms with E-state index in [4.69, 9.17) is 0 Å². The first kappa shape index (κ1) is 15.8. The molecule has 0 spiro atoms. The molecule has 4 aromatic rings. The maximum atomic E-state index is 11.2. The predicted octanol–water partition coefficient (Wildman–Crippen LogP) is 3.01. The normalized spacial score (nSPS) is 11.7. The zero-order valence-corrected chi connectivity index (χ0v) is 14.0. The number of H-pyrrole nitrogens is 1. The Morgan fingerprint density at radius 2 is 2.15 bits per heavy atom. The highest BCUT2D eigenvalue weighted by Gasteiger charge is 2.14. The highest BCUT2D eigenvalue weighted by Crippen LogP contribution is 2.29. The first-order valence-electron chi connectivity index (χ1n) is 8.05. The zero-order valence-electron chi connectivity index (χ0n) is 14.0. The number of nitrogens with one attached hydrogen (secondary N) is 2. The van der Waals surface area contributed by atoms with Crippen LogP contribution in [0.3, 0.4) is 0 Å². The number of benzene rings is 1. The standard InChI is InChI=1S/C19H16N6O/c1-25-19(15(12-22-25)18-4-2-3-8-20-18)23-16(7-9-26)13-5-6-17-14(10-13)11-21-24-17/h2-12,23H,1H3,(H,21,24)/b16-7-. The van der Waals surface area contributed by atoms with E-state index in [1.165, 1.54) is 6.08 Å². The van der Waals surface area contributed by atoms with Crippen LogP contribution in [-0.2, 0) is 11.8 Å². The fourth-order valence-electron chi connectivity index (χ4n) is 2.81. The van der Waals surface area contributed by atoms with Crippen molar-refractivity contribution >= 4 is 28.7 Å². The van der Waals surface area contributed by atoms with Crippen LogP contribution in [0.1, 0.15) is 5.56 Å². The fourth-order valence-corrected chi connectivity index (χ4v) is 2.81. The van der Waals surface area contributed by atoms with Crippen molar-refractivity contribution in [2.75, 3.05) is 5.32 Å². The van der Waals surface area contributed by atoms with Crippen molar-refractivity contribution in [1.82, 2.24) is 25.0 Å². The number of hydrogen-bond donors (Lipinski definition) is 2. The van der Waals surface area contributed by atoms with Crippen LogP contribution in [0.4, 0.5) is 5.82 Å². The summed E-state index contributed by atoms with van der Waals surface area (Å²) in [5.74, 6) is 0.754. The number of nitrogens with zero attached hydrogens (tertiary/aromatic N) is 4. The number of carbonyl (C=O) groups excluding carboxylic acids is 1. The van der Waals surface area contributed by atoms with Crippen molar-refractivity contribution in [1.29, 1.82) is 0 Å². The number of aromatic nitrogens is 5. The Hall–Kier alpha value is -3.74. The van der Waals surface area contributed by atoms with Crippen molar-refractivity contribution < 1.29 is 4.79 Å². The molecule has 0 fully saturated rings. The Kier molecular flexibility index (Phi) is 4.03. The zero-order chi connectivity index (χ0) is 17.9. The van der Waals surface area contributed by atoms with Gasteiger partial charge in [-0.25, -0.2) is 0 Å². The van der Waals surface area contributed by atoms with E-state index in [-0.39, 0.29) is 0 Å². The van der Waals surface area contributed by atoms with Crippen LogP contribution in [0.2, 0.25) is 0 Å². The van der Waals surface area contributed by atoms with Crippen LogP contribution in [-0.4, -0.2) is 31.2 Å². The third kappa shape index (κ3) is 2.86. The minimum absolute atomic E-state index is 0.670. The number of fused-ring (bicyclic) bond motifs is 1. The van der Waals surface area contributed by atoms with Gasteiger partial charge in [0.15, 0.2) is 0 Å². The molecule has 2 N–H and O–H groups in total. The van der Waals surface area contributed by atoms with E-state index >= 15 is 0 Å². The number of carbonyl (C=O) groups is 1. The summed E-state index contributed by atoms with van der Waals surface area (Å²) in [7, 11) is 1.84. The molecular weight excluding hydrogens is 328 g/mol. The van der Waals surface area contributed by atoms with Gasteiger partial charge in [0.2, 0.25) is 0 Å². The average molecular weight is 344 g/mol. The summed E-state index contributed by atoms with van der Waals surface area (Å²) >= 11 is 0. The monoisotopic (exact) mass is 344 g/mol. The van der Waals surface area contributed by atoms with Crippen molar-refractivity contribution in [3.05, 3.63) is 66.6 Å². The second kappa shape index (κ2) is 6.64. The van der Waals surface area contributed by atoms with Crippen molar-refractivity contribution in [3.63, 3.8) is 0 Å². The van der Waals surface area contributed by atoms with Crippen LogP contribution in [0, 0.1) is 0 Å². The number of allylic oxidation sites excluding steroid dienone is 1. The molecule has 26 heavy (non-hydrogen) atoms. The number of hydrogen-bond acceptors (Lipinski definition) is 5. The molecule has 0 aliphatic heterocycles. The quantitative estimate of drug-likeness (QED) is 0.429. The second-order valence-corrected chi connectivity index (χ2v) is 5.76. The van der Waals surface area contributed by atoms with Crippen LogP contribution in [0.25, 0.3) is 27.9 Å². The van der Waals surface area contributed by atoms with Gasteiger partial charge in [0.25, 0.3) is 0 Å². The van der Waals surface area contributed by atoms with Crippen LogP contribution in [0.15, 0.2) is 61.1 Å². The molecule has 1 aromatic carbocycles. The molecule has 128 valence electrons. The van der Waals surface area contributed by atoms with Gasteiger partial charge < -0.3 is 5.32 Å². The number of aryl methyl sites for hydroxylation is 1. The lowest BCUT2D eigenvalue weighted by Gasteiger charge is -2.13. The summed E-state index contributed by atoms with van der Waals surface area (Å²) in [6.07, 6.45) is 7.50. The van der Waals surface area contributed by atoms with E-state index in [9.17, 15) is 4.79 Å². The van der Waals surface area contributed by atoms with Gasteiger partial charge in [-0.15, -0.1) is 0 Å². The van der Waals surface area contributed by atoms with Gasteiger partial charge in [0, 0.05) is 24.7 Å². The lowest BCUT2D eigenvalue weighted by molar-refractivity contribution is -0.104. The molecule has 0 aliphatic rings. The molecule has 4 rings (SSSR count). The molecule has 0 aliphatic carbocycles. The maximum Gasteiger partial charge on any atom is 0.144 e. The molecule has 0 amide bonds. The third-order valence-electron chi connectivity index (χ3n) is 4.12. The van der Waals surface area contributed by atoms with E-state index in [1.54, 1.807) is 23.3 Å². The van der Waals surface area contributed by atoms with E-state index in [0.717, 1.165) is 39.8 Å². The molecule has 0 saturated heterocycles. The second-order valence-electron chi connectivity index (χ2n) is 5.76. The first-order chi connectivity index (χ1) is 12.8. The Morgan fingerprint density at radius 3 is 2.96 bits per heavy atom. The van der Waals surface area contributed by atoms with Gasteiger partial charge >= 0.3 is 0 Å². The Bertz CT molecular complexity index is 1090. The maximum absolute atomic E-state index is 11.2. The lowest BCUT2D eigenvalue weighted by atomic mass is 10.1. The highest BCUT2D eigenvalue weighted by molar-refractivity contribution is 5.92. The molecular formula is C19H16N6O. The molecule has 7 nitrogen and oxygen atoms in total. The fraction of sp³-hybridized carbons (Fsp3) is 0.0526. The summed E-state index contributed by atoms with van der Waals surface area (Å²) < 4.78 is 1.72. The van der Waals surface area contributed by atoms with Crippen LogP contribution < -0.4 is 5.32 Å². The highest BCUT2D eigenvalue weighted by atomic mass is 16.1. The van der Waals surface area contributed by atoms with E-state index in [1.807, 2.05) is 43.4 Å². The third-order valence-corrected chi connectivity index (χ3v) is 4.12. The smallest absolute Gasteiger partial charge is 0.144 e. The first-order valence-corrected chi connectivity index (χ1v) is 8.05. The minimum atomic E-state index is 0.670. The summed E-state index contributed by atoms with van der Waals surface area (Å²) in [4.78, 5) is 15.6. The van der Waals surface area contributed by atoms with Gasteiger partial charge in [-0.2, -0.15) is 10.2 Å². The van der Waals surface area contributed by atoms with Gasteiger partial charge in [-0.1, -0.05) is 12.1 Å². The summed E-state index contributed by atoms with van der Waals surface area (Å²) in [6, 6.07) is 11.5. The minimum Gasteiger partial charge on any atom is -0.339 e. The Balaban J connectivity index is 1.75.